The van der Waals surface area contributed by atoms with Gasteiger partial charge in [-0.25, -0.2) is 0 Å². The third-order valence-corrected chi connectivity index (χ3v) is 3.61. The molecule has 0 spiro atoms. The normalized spacial score (nSPS) is 9.14. The number of hydrogen-bond acceptors (Lipinski definition) is 0. The maximum Gasteiger partial charge on any atom is 0.506 e. The van der Waals surface area contributed by atoms with E-state index in [0.29, 0.717) is 3.54 Å². The van der Waals surface area contributed by atoms with Crippen molar-refractivity contribution in [2.75, 3.05) is 0 Å². The zero-order valence-corrected chi connectivity index (χ0v) is 7.98. The van der Waals surface area contributed by atoms with Gasteiger partial charge < -0.3 is 9.07 Å². The molecule has 0 aliphatic carbocycles. The van der Waals surface area contributed by atoms with Gasteiger partial charge in [0.25, 0.3) is 0 Å². The zero-order valence-electron chi connectivity index (χ0n) is 4.99. The van der Waals surface area contributed by atoms with Crippen molar-refractivity contribution in [3.05, 3.63) is 0 Å². The molecule has 0 N–H and O–H groups in total. The predicted molar refractivity (Wildman–Crippen MR) is 38.6 cm³/mol. The fraction of sp³-hybridized carbons (Fsp3) is 1.00. The maximum atomic E-state index is 5.62. The fourth-order valence-corrected chi connectivity index (χ4v) is 0. The van der Waals surface area contributed by atoms with Gasteiger partial charge in [0.1, 0.15) is 0 Å². The van der Waals surface area contributed by atoms with Crippen molar-refractivity contribution in [2.24, 2.45) is 0 Å². The Balaban J connectivity index is 0. The molecule has 0 amide bonds. The molecule has 0 saturated carbocycles. The summed E-state index contributed by atoms with van der Waals surface area (Å²) >= 11 is -0.275. The SMILES string of the molecule is C[C](C)(C)[Mg][Cl].Cl. The highest BCUT2D eigenvalue weighted by Gasteiger charge is 2.11. The van der Waals surface area contributed by atoms with Gasteiger partial charge >= 0.3 is 19.3 Å². The maximum absolute atomic E-state index is 5.62. The summed E-state index contributed by atoms with van der Waals surface area (Å²) < 4.78 is 0.446. The van der Waals surface area contributed by atoms with E-state index in [-0.39, 0.29) is 31.7 Å². The van der Waals surface area contributed by atoms with E-state index in [0.717, 1.165) is 0 Å². The summed E-state index contributed by atoms with van der Waals surface area (Å²) in [5.41, 5.74) is 0. The van der Waals surface area contributed by atoms with E-state index in [2.05, 4.69) is 20.8 Å². The molecule has 0 aromatic heterocycles. The first-order valence-electron chi connectivity index (χ1n) is 2.12. The van der Waals surface area contributed by atoms with Gasteiger partial charge in [-0.1, -0.05) is 20.8 Å². The molecule has 7 heavy (non-hydrogen) atoms. The molecular weight excluding hydrogens is 143 g/mol. The molecule has 0 heterocycles. The molecule has 0 saturated heterocycles. The molecule has 42 valence electrons. The second-order valence-corrected chi connectivity index (χ2v) is 5.88. The van der Waals surface area contributed by atoms with Crippen LogP contribution in [-0.2, 0) is 0 Å². The first-order chi connectivity index (χ1) is 2.56. The number of rotatable bonds is 0. The van der Waals surface area contributed by atoms with E-state index >= 15 is 0 Å². The Bertz CT molecular complexity index is 39.4. The molecule has 0 aliphatic heterocycles. The monoisotopic (exact) mass is 152 g/mol. The highest BCUT2D eigenvalue weighted by molar-refractivity contribution is 6.95. The lowest BCUT2D eigenvalue weighted by Crippen LogP contribution is -1.99. The molecular formula is C4H10Cl2Mg. The fourth-order valence-electron chi connectivity index (χ4n) is 0. The number of halogens is 2. The van der Waals surface area contributed by atoms with E-state index in [4.69, 9.17) is 9.07 Å². The van der Waals surface area contributed by atoms with Gasteiger partial charge in [-0.05, 0) is 0 Å². The summed E-state index contributed by atoms with van der Waals surface area (Å²) in [6, 6.07) is 0. The summed E-state index contributed by atoms with van der Waals surface area (Å²) in [7, 11) is 5.62. The van der Waals surface area contributed by atoms with Gasteiger partial charge in [-0.15, -0.1) is 16.0 Å². The van der Waals surface area contributed by atoms with Gasteiger partial charge in [-0.3, -0.25) is 0 Å². The average molecular weight is 153 g/mol. The van der Waals surface area contributed by atoms with Crippen LogP contribution in [-0.4, -0.2) is 19.3 Å². The lowest BCUT2D eigenvalue weighted by molar-refractivity contribution is 0.763. The van der Waals surface area contributed by atoms with Crippen LogP contribution >= 0.6 is 21.5 Å². The molecule has 0 atom stereocenters. The van der Waals surface area contributed by atoms with Crippen molar-refractivity contribution in [2.45, 2.75) is 24.3 Å². The van der Waals surface area contributed by atoms with Gasteiger partial charge in [-0.2, -0.15) is 0 Å². The largest absolute Gasteiger partial charge is 0.506 e. The third kappa shape index (κ3) is 11.1. The molecule has 0 nitrogen and oxygen atoms in total. The van der Waals surface area contributed by atoms with Gasteiger partial charge in [0.2, 0.25) is 0 Å². The first kappa shape index (κ1) is 11.2. The van der Waals surface area contributed by atoms with Crippen LogP contribution in [0.4, 0.5) is 0 Å². The van der Waals surface area contributed by atoms with Crippen LogP contribution < -0.4 is 0 Å². The van der Waals surface area contributed by atoms with Gasteiger partial charge in [0, 0.05) is 0 Å². The third-order valence-electron chi connectivity index (χ3n) is 0.401. The summed E-state index contributed by atoms with van der Waals surface area (Å²) in [6.07, 6.45) is 0. The summed E-state index contributed by atoms with van der Waals surface area (Å²) in [6.45, 7) is 6.52. The van der Waals surface area contributed by atoms with Gasteiger partial charge in [0.15, 0.2) is 0 Å². The Labute approximate surface area is 64.9 Å². The van der Waals surface area contributed by atoms with Crippen LogP contribution in [0.1, 0.15) is 20.8 Å². The Kier molecular flexibility index (Phi) is 6.79. The Morgan fingerprint density at radius 3 is 1.43 bits per heavy atom. The lowest BCUT2D eigenvalue weighted by atomic mass is 10.2. The second kappa shape index (κ2) is 4.25. The molecule has 0 aliphatic rings. The van der Waals surface area contributed by atoms with Crippen molar-refractivity contribution >= 4 is 40.7 Å². The number of hydrogen-bond donors (Lipinski definition) is 0. The van der Waals surface area contributed by atoms with Crippen molar-refractivity contribution in [3.8, 4) is 0 Å². The molecule has 3 heteroatoms. The van der Waals surface area contributed by atoms with Crippen LogP contribution in [0, 0.1) is 0 Å². The van der Waals surface area contributed by atoms with E-state index in [1.807, 2.05) is 0 Å². The lowest BCUT2D eigenvalue weighted by Gasteiger charge is -2.09. The van der Waals surface area contributed by atoms with Crippen LogP contribution in [0.3, 0.4) is 0 Å². The minimum absolute atomic E-state index is 0. The molecule has 0 fully saturated rings. The Morgan fingerprint density at radius 1 is 1.29 bits per heavy atom. The van der Waals surface area contributed by atoms with E-state index in [9.17, 15) is 0 Å². The topological polar surface area (TPSA) is 0 Å². The molecule has 0 bridgehead atoms. The molecule has 0 rings (SSSR count). The highest BCUT2D eigenvalue weighted by Crippen LogP contribution is 2.20. The van der Waals surface area contributed by atoms with Crippen LogP contribution in [0.2, 0.25) is 3.54 Å². The summed E-state index contributed by atoms with van der Waals surface area (Å²) in [5.74, 6) is 0. The minimum atomic E-state index is -0.275. The Hall–Kier alpha value is 1.35. The molecule has 0 aromatic rings. The standard InChI is InChI=1S/C4H9.2ClH.Mg/c1-4(2)3;;;/h1-3H3;2*1H;/q;;;+1/p-1. The van der Waals surface area contributed by atoms with Crippen molar-refractivity contribution in [1.29, 1.82) is 0 Å². The van der Waals surface area contributed by atoms with E-state index in [1.54, 1.807) is 0 Å². The molecule has 0 unspecified atom stereocenters. The zero-order chi connectivity index (χ0) is 5.21. The first-order valence-corrected chi connectivity index (χ1v) is 4.97. The molecule has 0 radical (unpaired) electrons. The smallest absolute Gasteiger partial charge is 0.345 e. The van der Waals surface area contributed by atoms with Crippen molar-refractivity contribution in [1.82, 2.24) is 0 Å². The van der Waals surface area contributed by atoms with E-state index < -0.39 is 0 Å². The summed E-state index contributed by atoms with van der Waals surface area (Å²) in [5, 5.41) is 0. The van der Waals surface area contributed by atoms with Crippen molar-refractivity contribution in [3.63, 3.8) is 0 Å². The highest BCUT2D eigenvalue weighted by atomic mass is 35.5. The quantitative estimate of drug-likeness (QED) is 0.469. The minimum Gasteiger partial charge on any atom is -0.345 e. The van der Waals surface area contributed by atoms with Crippen LogP contribution in [0.5, 0.6) is 0 Å². The van der Waals surface area contributed by atoms with Gasteiger partial charge in [0.05, 0.1) is 0 Å². The Morgan fingerprint density at radius 2 is 1.43 bits per heavy atom. The van der Waals surface area contributed by atoms with Crippen LogP contribution in [0.15, 0.2) is 0 Å². The van der Waals surface area contributed by atoms with Crippen molar-refractivity contribution < 1.29 is 0 Å². The van der Waals surface area contributed by atoms with E-state index in [1.165, 1.54) is 0 Å². The average Bonchev–Trinajstić information content (AvgIpc) is 1.35. The predicted octanol–water partition coefficient (Wildman–Crippen LogP) is 2.48. The second-order valence-electron chi connectivity index (χ2n) is 2.69. The van der Waals surface area contributed by atoms with Crippen LogP contribution in [0.25, 0.3) is 0 Å². The summed E-state index contributed by atoms with van der Waals surface area (Å²) in [4.78, 5) is 0. The molecule has 0 aromatic carbocycles.